The Bertz CT molecular complexity index is 1070. The molecule has 31 heavy (non-hydrogen) atoms. The van der Waals surface area contributed by atoms with Crippen LogP contribution < -0.4 is 10.6 Å². The minimum Gasteiger partial charge on any atom is -0.444 e. The second-order valence-corrected chi connectivity index (χ2v) is 8.82. The van der Waals surface area contributed by atoms with Crippen LogP contribution in [0.3, 0.4) is 0 Å². The van der Waals surface area contributed by atoms with Crippen molar-refractivity contribution in [1.82, 2.24) is 25.4 Å². The maximum atomic E-state index is 13.1. The van der Waals surface area contributed by atoms with Gasteiger partial charge >= 0.3 is 6.09 Å². The monoisotopic (exact) mass is 425 g/mol. The van der Waals surface area contributed by atoms with E-state index in [0.717, 1.165) is 33.4 Å². The smallest absolute Gasteiger partial charge is 0.408 e. The fourth-order valence-corrected chi connectivity index (χ4v) is 3.60. The minimum atomic E-state index is -0.784. The number of nitrogens with zero attached hydrogens (tertiary/aromatic N) is 2. The Morgan fingerprint density at radius 3 is 2.58 bits per heavy atom. The quantitative estimate of drug-likeness (QED) is 0.564. The molecule has 1 aromatic carbocycles. The highest BCUT2D eigenvalue weighted by Gasteiger charge is 2.26. The number of carbonyl (C=O) groups is 2. The van der Waals surface area contributed by atoms with Crippen LogP contribution in [0, 0.1) is 13.8 Å². The summed E-state index contributed by atoms with van der Waals surface area (Å²) >= 11 is 0. The van der Waals surface area contributed by atoms with Crippen molar-refractivity contribution < 1.29 is 14.3 Å². The molecule has 8 nitrogen and oxygen atoms in total. The first-order chi connectivity index (χ1) is 14.5. The van der Waals surface area contributed by atoms with Gasteiger partial charge in [-0.1, -0.05) is 18.2 Å². The molecule has 8 heteroatoms. The molecule has 166 valence electrons. The Labute approximate surface area is 182 Å². The number of aryl methyl sites for hydroxylation is 3. The van der Waals surface area contributed by atoms with Crippen molar-refractivity contribution in [2.45, 2.75) is 59.2 Å². The van der Waals surface area contributed by atoms with Gasteiger partial charge in [-0.25, -0.2) is 4.79 Å². The Balaban J connectivity index is 1.81. The molecule has 2 heterocycles. The molecule has 0 unspecified atom stereocenters. The van der Waals surface area contributed by atoms with Crippen molar-refractivity contribution in [2.24, 2.45) is 7.05 Å². The summed E-state index contributed by atoms with van der Waals surface area (Å²) in [6.45, 7) is 9.49. The van der Waals surface area contributed by atoms with E-state index in [1.807, 2.05) is 55.9 Å². The third-order valence-electron chi connectivity index (χ3n) is 5.13. The number of aromatic amines is 1. The van der Waals surface area contributed by atoms with Gasteiger partial charge in [0, 0.05) is 48.4 Å². The number of hydrogen-bond acceptors (Lipinski definition) is 4. The van der Waals surface area contributed by atoms with E-state index in [0.29, 0.717) is 13.0 Å². The van der Waals surface area contributed by atoms with Crippen LogP contribution in [0.2, 0.25) is 0 Å². The van der Waals surface area contributed by atoms with Crippen LogP contribution in [0.5, 0.6) is 0 Å². The van der Waals surface area contributed by atoms with Gasteiger partial charge < -0.3 is 19.9 Å². The number of hydrogen-bond donors (Lipinski definition) is 3. The van der Waals surface area contributed by atoms with Gasteiger partial charge in [-0.05, 0) is 46.2 Å². The van der Waals surface area contributed by atoms with Gasteiger partial charge in [0.2, 0.25) is 5.91 Å². The van der Waals surface area contributed by atoms with Crippen molar-refractivity contribution in [1.29, 1.82) is 0 Å². The Morgan fingerprint density at radius 2 is 1.94 bits per heavy atom. The van der Waals surface area contributed by atoms with Gasteiger partial charge in [0.15, 0.2) is 0 Å². The maximum Gasteiger partial charge on any atom is 0.408 e. The Kier molecular flexibility index (Phi) is 6.38. The Hall–Kier alpha value is -3.29. The third-order valence-corrected chi connectivity index (χ3v) is 5.13. The number of ether oxygens (including phenoxy) is 1. The number of carbonyl (C=O) groups excluding carboxylic acids is 2. The molecule has 2 aromatic heterocycles. The van der Waals surface area contributed by atoms with E-state index < -0.39 is 17.7 Å². The number of rotatable bonds is 6. The number of aromatic nitrogens is 3. The molecule has 3 N–H and O–H groups in total. The summed E-state index contributed by atoms with van der Waals surface area (Å²) in [4.78, 5) is 25.5. The topological polar surface area (TPSA) is 101 Å². The average Bonchev–Trinajstić information content (AvgIpc) is 3.17. The summed E-state index contributed by atoms with van der Waals surface area (Å²) in [5.74, 6) is -0.279. The molecule has 0 aliphatic rings. The molecule has 0 fully saturated rings. The van der Waals surface area contributed by atoms with E-state index in [9.17, 15) is 9.59 Å². The molecule has 0 radical (unpaired) electrons. The normalized spacial score (nSPS) is 12.6. The molecular weight excluding hydrogens is 394 g/mol. The van der Waals surface area contributed by atoms with E-state index in [1.165, 1.54) is 0 Å². The van der Waals surface area contributed by atoms with Gasteiger partial charge in [-0.2, -0.15) is 5.10 Å². The lowest BCUT2D eigenvalue weighted by atomic mass is 10.0. The van der Waals surface area contributed by atoms with E-state index in [1.54, 1.807) is 20.8 Å². The molecule has 1 atom stereocenters. The summed E-state index contributed by atoms with van der Waals surface area (Å²) in [7, 11) is 1.96. The number of H-pyrrole nitrogens is 1. The van der Waals surface area contributed by atoms with Crippen molar-refractivity contribution in [3.63, 3.8) is 0 Å². The van der Waals surface area contributed by atoms with Gasteiger partial charge in [0.05, 0.1) is 5.69 Å². The van der Waals surface area contributed by atoms with Gasteiger partial charge in [0.25, 0.3) is 0 Å². The molecule has 3 rings (SSSR count). The van der Waals surface area contributed by atoms with Gasteiger partial charge in [0.1, 0.15) is 11.6 Å². The lowest BCUT2D eigenvalue weighted by Crippen LogP contribution is -2.49. The zero-order valence-corrected chi connectivity index (χ0v) is 19.0. The van der Waals surface area contributed by atoms with Crippen LogP contribution in [0.15, 0.2) is 30.5 Å². The first-order valence-corrected chi connectivity index (χ1v) is 10.4. The van der Waals surface area contributed by atoms with Crippen LogP contribution in [-0.4, -0.2) is 38.4 Å². The van der Waals surface area contributed by atoms with E-state index >= 15 is 0 Å². The van der Waals surface area contributed by atoms with Gasteiger partial charge in [-0.3, -0.25) is 9.89 Å². The molecular formula is C23H31N5O3. The average molecular weight is 426 g/mol. The van der Waals surface area contributed by atoms with E-state index in [-0.39, 0.29) is 5.91 Å². The molecule has 2 amide bonds. The van der Waals surface area contributed by atoms with Crippen LogP contribution >= 0.6 is 0 Å². The standard InChI is InChI=1S/C23H31N5O3/c1-14-18(15(2)27-26-14)12-24-21(29)19(25-22(30)31-23(3,4)5)11-16-13-28(6)20-10-8-7-9-17(16)20/h7-10,13,19H,11-12H2,1-6H3,(H,24,29)(H,25,30)(H,26,27)/t19-/m1/s1. The highest BCUT2D eigenvalue weighted by molar-refractivity contribution is 5.88. The predicted octanol–water partition coefficient (Wildman–Crippen LogP) is 3.27. The first kappa shape index (κ1) is 22.4. The second-order valence-electron chi connectivity index (χ2n) is 8.82. The van der Waals surface area contributed by atoms with Crippen molar-refractivity contribution in [3.8, 4) is 0 Å². The highest BCUT2D eigenvalue weighted by atomic mass is 16.6. The molecule has 0 aliphatic heterocycles. The largest absolute Gasteiger partial charge is 0.444 e. The molecule has 3 aromatic rings. The lowest BCUT2D eigenvalue weighted by Gasteiger charge is -2.23. The number of amides is 2. The molecule has 0 saturated heterocycles. The highest BCUT2D eigenvalue weighted by Crippen LogP contribution is 2.22. The van der Waals surface area contributed by atoms with Crippen LogP contribution in [0.25, 0.3) is 10.9 Å². The fraction of sp³-hybridized carbons (Fsp3) is 0.435. The van der Waals surface area contributed by atoms with Gasteiger partial charge in [-0.15, -0.1) is 0 Å². The number of benzene rings is 1. The first-order valence-electron chi connectivity index (χ1n) is 10.4. The second kappa shape index (κ2) is 8.83. The zero-order valence-electron chi connectivity index (χ0n) is 19.0. The maximum absolute atomic E-state index is 13.1. The number of fused-ring (bicyclic) bond motifs is 1. The number of nitrogens with one attached hydrogen (secondary N) is 3. The van der Waals surface area contributed by atoms with Crippen molar-refractivity contribution in [3.05, 3.63) is 53.0 Å². The van der Waals surface area contributed by atoms with Crippen LogP contribution in [0.4, 0.5) is 4.79 Å². The lowest BCUT2D eigenvalue weighted by molar-refractivity contribution is -0.123. The summed E-state index contributed by atoms with van der Waals surface area (Å²) < 4.78 is 7.41. The van der Waals surface area contributed by atoms with Crippen molar-refractivity contribution >= 4 is 22.9 Å². The molecule has 0 spiro atoms. The summed E-state index contributed by atoms with van der Waals surface area (Å²) in [6, 6.07) is 7.20. The number of alkyl carbamates (subject to hydrolysis) is 1. The summed E-state index contributed by atoms with van der Waals surface area (Å²) in [5, 5.41) is 13.8. The Morgan fingerprint density at radius 1 is 1.23 bits per heavy atom. The van der Waals surface area contributed by atoms with Crippen LogP contribution in [0.1, 0.15) is 43.3 Å². The number of para-hydroxylation sites is 1. The SMILES string of the molecule is Cc1n[nH]c(C)c1CNC(=O)[C@@H](Cc1cn(C)c2ccccc12)NC(=O)OC(C)(C)C. The zero-order chi connectivity index (χ0) is 22.8. The summed E-state index contributed by atoms with van der Waals surface area (Å²) in [5.41, 5.74) is 4.07. The van der Waals surface area contributed by atoms with E-state index in [4.69, 9.17) is 4.74 Å². The van der Waals surface area contributed by atoms with E-state index in [2.05, 4.69) is 20.8 Å². The van der Waals surface area contributed by atoms with Crippen LogP contribution in [-0.2, 0) is 29.5 Å². The molecule has 0 bridgehead atoms. The molecule has 0 saturated carbocycles. The fourth-order valence-electron chi connectivity index (χ4n) is 3.60. The summed E-state index contributed by atoms with van der Waals surface area (Å²) in [6.07, 6.45) is 1.71. The predicted molar refractivity (Wildman–Crippen MR) is 120 cm³/mol. The minimum absolute atomic E-state index is 0.279. The molecule has 0 aliphatic carbocycles. The van der Waals surface area contributed by atoms with Crippen molar-refractivity contribution in [2.75, 3.05) is 0 Å². The third kappa shape index (κ3) is 5.45.